The molecule has 1 N–H and O–H groups in total. The second-order valence-corrected chi connectivity index (χ2v) is 8.57. The number of rotatable bonds is 7. The third-order valence-electron chi connectivity index (χ3n) is 7.28. The minimum absolute atomic E-state index is 0.0720. The highest BCUT2D eigenvalue weighted by molar-refractivity contribution is 5.98. The van der Waals surface area contributed by atoms with E-state index in [9.17, 15) is 9.59 Å². The van der Waals surface area contributed by atoms with Gasteiger partial charge in [0.2, 0.25) is 11.8 Å². The molecule has 6 nitrogen and oxygen atoms in total. The van der Waals surface area contributed by atoms with Crippen LogP contribution in [0, 0.1) is 11.3 Å². The van der Waals surface area contributed by atoms with Crippen LogP contribution in [0.3, 0.4) is 0 Å². The number of carbonyl (C=O) groups excluding carboxylic acids is 2. The van der Waals surface area contributed by atoms with Crippen LogP contribution < -0.4 is 10.1 Å². The maximum absolute atomic E-state index is 12.9. The van der Waals surface area contributed by atoms with Crippen LogP contribution in [0.15, 0.2) is 6.07 Å². The zero-order valence-corrected chi connectivity index (χ0v) is 17.2. The summed E-state index contributed by atoms with van der Waals surface area (Å²) in [6.07, 6.45) is 7.59. The topological polar surface area (TPSA) is 71.5 Å². The van der Waals surface area contributed by atoms with Crippen molar-refractivity contribution in [2.24, 2.45) is 11.3 Å². The summed E-state index contributed by atoms with van der Waals surface area (Å²) >= 11 is 0. The first kappa shape index (κ1) is 19.2. The molecule has 2 fully saturated rings. The van der Waals surface area contributed by atoms with Crippen molar-refractivity contribution in [1.29, 1.82) is 0 Å². The van der Waals surface area contributed by atoms with Crippen LogP contribution in [0.1, 0.15) is 80.4 Å². The predicted octanol–water partition coefficient (Wildman–Crippen LogP) is 3.43. The number of methoxy groups -OCH3 is 1. The van der Waals surface area contributed by atoms with Crippen molar-refractivity contribution in [2.45, 2.75) is 77.9 Å². The van der Waals surface area contributed by atoms with Gasteiger partial charge < -0.3 is 15.0 Å². The van der Waals surface area contributed by atoms with Gasteiger partial charge in [-0.3, -0.25) is 9.59 Å². The van der Waals surface area contributed by atoms with E-state index >= 15 is 0 Å². The largest absolute Gasteiger partial charge is 0.481 e. The van der Waals surface area contributed by atoms with Crippen LogP contribution in [0.5, 0.6) is 5.88 Å². The van der Waals surface area contributed by atoms with Gasteiger partial charge in [-0.15, -0.1) is 0 Å². The maximum Gasteiger partial charge on any atom is 0.256 e. The quantitative estimate of drug-likeness (QED) is 0.781. The summed E-state index contributed by atoms with van der Waals surface area (Å²) in [4.78, 5) is 32.1. The van der Waals surface area contributed by atoms with E-state index in [-0.39, 0.29) is 23.1 Å². The third-order valence-corrected chi connectivity index (χ3v) is 7.28. The lowest BCUT2D eigenvalue weighted by atomic mass is 9.97. The summed E-state index contributed by atoms with van der Waals surface area (Å²) in [7, 11) is 1.59. The first-order valence-corrected chi connectivity index (χ1v) is 10.7. The molecule has 6 heteroatoms. The lowest BCUT2D eigenvalue weighted by molar-refractivity contribution is -0.123. The van der Waals surface area contributed by atoms with Crippen molar-refractivity contribution in [3.8, 4) is 5.88 Å². The number of nitrogens with zero attached hydrogens (tertiary/aromatic N) is 2. The fraction of sp³-hybridized carbons (Fsp3) is 0.682. The van der Waals surface area contributed by atoms with Crippen LogP contribution in [-0.2, 0) is 17.9 Å². The molecule has 0 bridgehead atoms. The van der Waals surface area contributed by atoms with Crippen molar-refractivity contribution in [2.75, 3.05) is 7.11 Å². The number of fused-ring (bicyclic) bond motifs is 1. The van der Waals surface area contributed by atoms with E-state index in [0.717, 1.165) is 43.4 Å². The first-order valence-electron chi connectivity index (χ1n) is 10.7. The van der Waals surface area contributed by atoms with Crippen LogP contribution >= 0.6 is 0 Å². The first-order chi connectivity index (χ1) is 13.5. The summed E-state index contributed by atoms with van der Waals surface area (Å²) in [5.41, 5.74) is 2.42. The Hall–Kier alpha value is -2.11. The summed E-state index contributed by atoms with van der Waals surface area (Å²) in [5, 5.41) is 3.05. The lowest BCUT2D eigenvalue weighted by Gasteiger charge is -2.22. The third kappa shape index (κ3) is 3.16. The van der Waals surface area contributed by atoms with Gasteiger partial charge in [0, 0.05) is 24.1 Å². The number of aromatic nitrogens is 1. The Morgan fingerprint density at radius 2 is 2.04 bits per heavy atom. The van der Waals surface area contributed by atoms with Gasteiger partial charge in [-0.1, -0.05) is 26.7 Å². The molecule has 2 saturated carbocycles. The Labute approximate surface area is 167 Å². The molecule has 3 aliphatic rings. The summed E-state index contributed by atoms with van der Waals surface area (Å²) in [5.74, 6) is 0.788. The van der Waals surface area contributed by atoms with Gasteiger partial charge in [-0.25, -0.2) is 4.98 Å². The fourth-order valence-corrected chi connectivity index (χ4v) is 5.14. The molecule has 0 aromatic carbocycles. The number of amides is 2. The average molecular weight is 386 g/mol. The molecule has 0 spiro atoms. The Morgan fingerprint density at radius 1 is 1.32 bits per heavy atom. The van der Waals surface area contributed by atoms with E-state index in [0.29, 0.717) is 30.6 Å². The maximum atomic E-state index is 12.9. The number of hydrogen-bond donors (Lipinski definition) is 1. The van der Waals surface area contributed by atoms with Gasteiger partial charge in [-0.05, 0) is 43.6 Å². The number of nitrogens with one attached hydrogen (secondary N) is 1. The summed E-state index contributed by atoms with van der Waals surface area (Å²) in [6.45, 7) is 5.23. The highest BCUT2D eigenvalue weighted by Crippen LogP contribution is 2.57. The molecule has 0 radical (unpaired) electrons. The second kappa shape index (κ2) is 7.37. The van der Waals surface area contributed by atoms with E-state index in [1.54, 1.807) is 7.11 Å². The van der Waals surface area contributed by atoms with Crippen LogP contribution in [0.4, 0.5) is 0 Å². The summed E-state index contributed by atoms with van der Waals surface area (Å²) < 4.78 is 5.47. The second-order valence-electron chi connectivity index (χ2n) is 8.57. The van der Waals surface area contributed by atoms with Gasteiger partial charge in [0.1, 0.15) is 0 Å². The summed E-state index contributed by atoms with van der Waals surface area (Å²) in [6, 6.07) is 2.21. The van der Waals surface area contributed by atoms with E-state index in [1.807, 2.05) is 11.0 Å². The highest BCUT2D eigenvalue weighted by atomic mass is 16.5. The molecular formula is C22H31N3O3. The molecule has 2 heterocycles. The van der Waals surface area contributed by atoms with Crippen LogP contribution in [0.25, 0.3) is 0 Å². The Kier molecular flexibility index (Phi) is 5.06. The van der Waals surface area contributed by atoms with Crippen LogP contribution in [-0.4, -0.2) is 34.8 Å². The van der Waals surface area contributed by atoms with E-state index in [2.05, 4.69) is 24.1 Å². The molecule has 1 aromatic heterocycles. The average Bonchev–Trinajstić information content (AvgIpc) is 3.03. The number of hydrogen-bond acceptors (Lipinski definition) is 4. The lowest BCUT2D eigenvalue weighted by Crippen LogP contribution is -2.33. The molecule has 0 unspecified atom stereocenters. The Bertz CT molecular complexity index is 781. The number of pyridine rings is 1. The van der Waals surface area contributed by atoms with Gasteiger partial charge in [0.25, 0.3) is 5.91 Å². The molecule has 1 aliphatic heterocycles. The zero-order chi connectivity index (χ0) is 19.9. The monoisotopic (exact) mass is 385 g/mol. The Morgan fingerprint density at radius 3 is 2.64 bits per heavy atom. The molecular weight excluding hydrogens is 354 g/mol. The van der Waals surface area contributed by atoms with Crippen LogP contribution in [0.2, 0.25) is 0 Å². The molecule has 2 amide bonds. The van der Waals surface area contributed by atoms with Crippen molar-refractivity contribution in [3.05, 3.63) is 22.9 Å². The SMILES string of the molecule is CCC1(CC)C[C@@H]1C(=O)NCc1cc2c(nc1OC)CN(C1CCCC1)C2=O. The smallest absolute Gasteiger partial charge is 0.256 e. The molecule has 0 saturated heterocycles. The fourth-order valence-electron chi connectivity index (χ4n) is 5.14. The van der Waals surface area contributed by atoms with Gasteiger partial charge in [0.05, 0.1) is 24.9 Å². The van der Waals surface area contributed by atoms with Gasteiger partial charge >= 0.3 is 0 Å². The van der Waals surface area contributed by atoms with E-state index in [4.69, 9.17) is 4.74 Å². The molecule has 4 rings (SSSR count). The van der Waals surface area contributed by atoms with Gasteiger partial charge in [-0.2, -0.15) is 0 Å². The minimum atomic E-state index is 0.0720. The number of ether oxygens (including phenoxy) is 1. The van der Waals surface area contributed by atoms with Gasteiger partial charge in [0.15, 0.2) is 0 Å². The Balaban J connectivity index is 1.47. The van der Waals surface area contributed by atoms with Crippen molar-refractivity contribution in [3.63, 3.8) is 0 Å². The van der Waals surface area contributed by atoms with Crippen molar-refractivity contribution < 1.29 is 14.3 Å². The molecule has 1 aromatic rings. The van der Waals surface area contributed by atoms with Crippen molar-refractivity contribution in [1.82, 2.24) is 15.2 Å². The highest BCUT2D eigenvalue weighted by Gasteiger charge is 2.55. The normalized spacial score (nSPS) is 23.0. The minimum Gasteiger partial charge on any atom is -0.481 e. The molecule has 152 valence electrons. The zero-order valence-electron chi connectivity index (χ0n) is 17.2. The molecule has 2 aliphatic carbocycles. The molecule has 28 heavy (non-hydrogen) atoms. The molecule has 1 atom stereocenters. The number of carbonyl (C=O) groups is 2. The standard InChI is InChI=1S/C22H31N3O3/c1-4-22(5-2)11-17(22)19(26)23-12-14-10-16-18(24-20(14)28-3)13-25(21(16)27)15-8-6-7-9-15/h10,15,17H,4-9,11-13H2,1-3H3,(H,23,26)/t17-/m1/s1. The van der Waals surface area contributed by atoms with E-state index < -0.39 is 0 Å². The van der Waals surface area contributed by atoms with E-state index in [1.165, 1.54) is 12.8 Å². The predicted molar refractivity (Wildman–Crippen MR) is 106 cm³/mol. The van der Waals surface area contributed by atoms with Crippen molar-refractivity contribution >= 4 is 11.8 Å².